The largest absolute Gasteiger partial charge is 0.493 e. The maximum absolute atomic E-state index is 13.0. The van der Waals surface area contributed by atoms with Gasteiger partial charge in [-0.15, -0.1) is 0 Å². The minimum Gasteiger partial charge on any atom is -0.493 e. The van der Waals surface area contributed by atoms with Crippen molar-refractivity contribution in [3.8, 4) is 11.5 Å². The standard InChI is InChI=1S/C25H24FN3O4/c1-17(20-6-4-3-5-7-20)28-24(30)25(31)29-27-15-19-10-13-22(23(14-19)32-2)33-16-18-8-11-21(26)12-9-18/h3-15,17H,16H2,1-2H3,(H,28,30)(H,29,31)/b27-15-/t17-/m1/s1. The van der Waals surface area contributed by atoms with Crippen molar-refractivity contribution >= 4 is 18.0 Å². The smallest absolute Gasteiger partial charge is 0.329 e. The molecule has 0 aliphatic heterocycles. The number of hydrazone groups is 1. The lowest BCUT2D eigenvalue weighted by Crippen LogP contribution is -2.39. The van der Waals surface area contributed by atoms with Crippen LogP contribution < -0.4 is 20.2 Å². The van der Waals surface area contributed by atoms with Crippen molar-refractivity contribution in [1.29, 1.82) is 0 Å². The molecule has 2 N–H and O–H groups in total. The highest BCUT2D eigenvalue weighted by molar-refractivity contribution is 6.35. The van der Waals surface area contributed by atoms with E-state index in [1.165, 1.54) is 25.5 Å². The molecule has 3 aromatic carbocycles. The van der Waals surface area contributed by atoms with Crippen LogP contribution >= 0.6 is 0 Å². The van der Waals surface area contributed by atoms with Gasteiger partial charge in [-0.1, -0.05) is 42.5 Å². The average Bonchev–Trinajstić information content (AvgIpc) is 2.84. The Morgan fingerprint density at radius 3 is 2.42 bits per heavy atom. The van der Waals surface area contributed by atoms with Gasteiger partial charge in [0.05, 0.1) is 19.4 Å². The summed E-state index contributed by atoms with van der Waals surface area (Å²) in [5.41, 5.74) is 4.53. The van der Waals surface area contributed by atoms with Gasteiger partial charge in [0.25, 0.3) is 0 Å². The first-order valence-electron chi connectivity index (χ1n) is 10.2. The van der Waals surface area contributed by atoms with E-state index in [0.717, 1.165) is 11.1 Å². The maximum Gasteiger partial charge on any atom is 0.329 e. The second-order valence-corrected chi connectivity index (χ2v) is 7.13. The van der Waals surface area contributed by atoms with Crippen LogP contribution in [0.15, 0.2) is 77.9 Å². The minimum absolute atomic E-state index is 0.247. The lowest BCUT2D eigenvalue weighted by atomic mass is 10.1. The Morgan fingerprint density at radius 1 is 1.00 bits per heavy atom. The third-order valence-corrected chi connectivity index (χ3v) is 4.73. The Balaban J connectivity index is 1.54. The normalized spacial score (nSPS) is 11.6. The quantitative estimate of drug-likeness (QED) is 0.312. The number of ether oxygens (including phenoxy) is 2. The molecular formula is C25H24FN3O4. The predicted molar refractivity (Wildman–Crippen MR) is 122 cm³/mol. The molecular weight excluding hydrogens is 425 g/mol. The van der Waals surface area contributed by atoms with E-state index in [1.807, 2.05) is 30.3 Å². The molecule has 7 nitrogen and oxygen atoms in total. The third-order valence-electron chi connectivity index (χ3n) is 4.73. The van der Waals surface area contributed by atoms with E-state index < -0.39 is 11.8 Å². The van der Waals surface area contributed by atoms with Gasteiger partial charge >= 0.3 is 11.8 Å². The fourth-order valence-electron chi connectivity index (χ4n) is 2.93. The zero-order chi connectivity index (χ0) is 23.6. The summed E-state index contributed by atoms with van der Waals surface area (Å²) in [6.45, 7) is 2.03. The van der Waals surface area contributed by atoms with Gasteiger partial charge in [-0.3, -0.25) is 9.59 Å². The van der Waals surface area contributed by atoms with Gasteiger partial charge in [0.1, 0.15) is 12.4 Å². The van der Waals surface area contributed by atoms with Crippen molar-refractivity contribution in [1.82, 2.24) is 10.7 Å². The molecule has 0 unspecified atom stereocenters. The molecule has 3 aromatic rings. The maximum atomic E-state index is 13.0. The van der Waals surface area contributed by atoms with Crippen molar-refractivity contribution in [3.05, 3.63) is 95.3 Å². The van der Waals surface area contributed by atoms with Crippen LogP contribution in [0.2, 0.25) is 0 Å². The van der Waals surface area contributed by atoms with Gasteiger partial charge in [0.15, 0.2) is 11.5 Å². The molecule has 0 fully saturated rings. The fraction of sp³-hybridized carbons (Fsp3) is 0.160. The SMILES string of the molecule is COc1cc(/C=N\NC(=O)C(=O)N[C@H](C)c2ccccc2)ccc1OCc1ccc(F)cc1. The number of carbonyl (C=O) groups excluding carboxylic acids is 2. The Kier molecular flexibility index (Phi) is 8.13. The van der Waals surface area contributed by atoms with E-state index >= 15 is 0 Å². The van der Waals surface area contributed by atoms with Gasteiger partial charge in [-0.25, -0.2) is 9.82 Å². The van der Waals surface area contributed by atoms with Crippen LogP contribution in [0, 0.1) is 5.82 Å². The summed E-state index contributed by atoms with van der Waals surface area (Å²) in [4.78, 5) is 24.1. The van der Waals surface area contributed by atoms with E-state index in [0.29, 0.717) is 17.1 Å². The molecule has 1 atom stereocenters. The topological polar surface area (TPSA) is 89.0 Å². The number of nitrogens with one attached hydrogen (secondary N) is 2. The highest BCUT2D eigenvalue weighted by Gasteiger charge is 2.16. The Bertz CT molecular complexity index is 1120. The van der Waals surface area contributed by atoms with Crippen molar-refractivity contribution in [2.75, 3.05) is 7.11 Å². The fourth-order valence-corrected chi connectivity index (χ4v) is 2.93. The molecule has 3 rings (SSSR count). The van der Waals surface area contributed by atoms with Gasteiger partial charge in [0.2, 0.25) is 0 Å². The second kappa shape index (κ2) is 11.4. The van der Waals surface area contributed by atoms with E-state index in [2.05, 4.69) is 15.8 Å². The lowest BCUT2D eigenvalue weighted by molar-refractivity contribution is -0.139. The number of rotatable bonds is 8. The van der Waals surface area contributed by atoms with Crippen LogP contribution in [0.5, 0.6) is 11.5 Å². The summed E-state index contributed by atoms with van der Waals surface area (Å²) in [5, 5.41) is 6.45. The Labute approximate surface area is 191 Å². The summed E-state index contributed by atoms with van der Waals surface area (Å²) in [6.07, 6.45) is 1.39. The summed E-state index contributed by atoms with van der Waals surface area (Å²) >= 11 is 0. The van der Waals surface area contributed by atoms with Crippen LogP contribution in [0.4, 0.5) is 4.39 Å². The van der Waals surface area contributed by atoms with Crippen molar-refractivity contribution in [2.24, 2.45) is 5.10 Å². The number of carbonyl (C=O) groups is 2. The van der Waals surface area contributed by atoms with E-state index in [1.54, 1.807) is 37.3 Å². The molecule has 0 aliphatic carbocycles. The van der Waals surface area contributed by atoms with Crippen LogP contribution in [0.3, 0.4) is 0 Å². The van der Waals surface area contributed by atoms with E-state index in [-0.39, 0.29) is 18.5 Å². The molecule has 0 saturated carbocycles. The zero-order valence-electron chi connectivity index (χ0n) is 18.2. The Morgan fingerprint density at radius 2 is 1.73 bits per heavy atom. The van der Waals surface area contributed by atoms with Gasteiger partial charge in [-0.05, 0) is 53.9 Å². The van der Waals surface area contributed by atoms with Gasteiger partial charge < -0.3 is 14.8 Å². The highest BCUT2D eigenvalue weighted by atomic mass is 19.1. The van der Waals surface area contributed by atoms with E-state index in [9.17, 15) is 14.0 Å². The first-order valence-corrected chi connectivity index (χ1v) is 10.2. The molecule has 0 saturated heterocycles. The molecule has 0 bridgehead atoms. The highest BCUT2D eigenvalue weighted by Crippen LogP contribution is 2.28. The molecule has 2 amide bonds. The second-order valence-electron chi connectivity index (χ2n) is 7.13. The molecule has 0 radical (unpaired) electrons. The molecule has 8 heteroatoms. The van der Waals surface area contributed by atoms with E-state index in [4.69, 9.17) is 9.47 Å². The number of amides is 2. The first-order chi connectivity index (χ1) is 16.0. The summed E-state index contributed by atoms with van der Waals surface area (Å²) in [6, 6.07) is 20.1. The molecule has 0 heterocycles. The van der Waals surface area contributed by atoms with Crippen molar-refractivity contribution in [2.45, 2.75) is 19.6 Å². The van der Waals surface area contributed by atoms with Crippen molar-refractivity contribution < 1.29 is 23.5 Å². The van der Waals surface area contributed by atoms with Gasteiger partial charge in [-0.2, -0.15) is 5.10 Å². The van der Waals surface area contributed by atoms with Crippen LogP contribution in [0.1, 0.15) is 29.7 Å². The lowest BCUT2D eigenvalue weighted by Gasteiger charge is -2.13. The molecule has 33 heavy (non-hydrogen) atoms. The summed E-state index contributed by atoms with van der Waals surface area (Å²) in [7, 11) is 1.50. The zero-order valence-corrected chi connectivity index (χ0v) is 18.2. The number of nitrogens with zero attached hydrogens (tertiary/aromatic N) is 1. The van der Waals surface area contributed by atoms with Crippen LogP contribution in [0.25, 0.3) is 0 Å². The van der Waals surface area contributed by atoms with Crippen LogP contribution in [-0.4, -0.2) is 25.1 Å². The Hall–Kier alpha value is -4.20. The molecule has 170 valence electrons. The first kappa shape index (κ1) is 23.5. The van der Waals surface area contributed by atoms with Gasteiger partial charge in [0, 0.05) is 0 Å². The number of hydrogen-bond acceptors (Lipinski definition) is 5. The monoisotopic (exact) mass is 449 g/mol. The number of methoxy groups -OCH3 is 1. The minimum atomic E-state index is -0.875. The van der Waals surface area contributed by atoms with Crippen LogP contribution in [-0.2, 0) is 16.2 Å². The summed E-state index contributed by atoms with van der Waals surface area (Å²) < 4.78 is 24.1. The number of hydrogen-bond donors (Lipinski definition) is 2. The third kappa shape index (κ3) is 6.90. The van der Waals surface area contributed by atoms with Crippen molar-refractivity contribution in [3.63, 3.8) is 0 Å². The number of halogens is 1. The molecule has 0 spiro atoms. The average molecular weight is 449 g/mol. The molecule has 0 aliphatic rings. The summed E-state index contributed by atoms with van der Waals surface area (Å²) in [5.74, 6) is -1.01. The predicted octanol–water partition coefficient (Wildman–Crippen LogP) is 3.74. The molecule has 0 aromatic heterocycles. The number of benzene rings is 3.